The van der Waals surface area contributed by atoms with Crippen molar-refractivity contribution in [1.82, 2.24) is 0 Å². The van der Waals surface area contributed by atoms with Crippen molar-refractivity contribution in [2.75, 3.05) is 5.75 Å². The van der Waals surface area contributed by atoms with Gasteiger partial charge in [-0.2, -0.15) is 24.9 Å². The fraction of sp³-hybridized carbons (Fsp3) is 0.571. The lowest BCUT2D eigenvalue weighted by atomic mass is 10.0. The molecule has 1 N–H and O–H groups in total. The molecule has 1 aromatic rings. The summed E-state index contributed by atoms with van der Waals surface area (Å²) in [6.07, 6.45) is -5.08. The number of aliphatic hydroxyl groups excluding tert-OH is 1. The number of benzene rings is 1. The first-order chi connectivity index (χ1) is 8.50. The Morgan fingerprint density at radius 2 is 1.79 bits per heavy atom. The summed E-state index contributed by atoms with van der Waals surface area (Å²) in [5.74, 6) is 0.468. The Morgan fingerprint density at radius 1 is 1.21 bits per heavy atom. The average molecular weight is 292 g/mol. The van der Waals surface area contributed by atoms with Gasteiger partial charge in [-0.1, -0.05) is 26.8 Å². The molecule has 0 saturated heterocycles. The fourth-order valence-corrected chi connectivity index (χ4v) is 2.48. The molecule has 0 aromatic heterocycles. The van der Waals surface area contributed by atoms with E-state index in [4.69, 9.17) is 0 Å². The fourth-order valence-electron chi connectivity index (χ4n) is 1.64. The summed E-state index contributed by atoms with van der Waals surface area (Å²) in [7, 11) is 0. The Labute approximate surface area is 116 Å². The lowest BCUT2D eigenvalue weighted by molar-refractivity contribution is -0.137. The maximum absolute atomic E-state index is 12.5. The van der Waals surface area contributed by atoms with Gasteiger partial charge in [-0.3, -0.25) is 0 Å². The predicted molar refractivity (Wildman–Crippen MR) is 73.4 cm³/mol. The summed E-state index contributed by atoms with van der Waals surface area (Å²) >= 11 is 1.58. The van der Waals surface area contributed by atoms with Crippen LogP contribution >= 0.6 is 11.8 Å². The number of aryl methyl sites for hydroxylation is 1. The van der Waals surface area contributed by atoms with Crippen LogP contribution in [0.25, 0.3) is 0 Å². The highest BCUT2D eigenvalue weighted by Gasteiger charge is 2.31. The second-order valence-electron chi connectivity index (χ2n) is 5.51. The van der Waals surface area contributed by atoms with Gasteiger partial charge >= 0.3 is 6.18 Å². The van der Waals surface area contributed by atoms with Crippen LogP contribution in [0.1, 0.15) is 43.6 Å². The van der Waals surface area contributed by atoms with Crippen molar-refractivity contribution in [3.63, 3.8) is 0 Å². The van der Waals surface area contributed by atoms with E-state index in [1.165, 1.54) is 6.07 Å². The van der Waals surface area contributed by atoms with E-state index in [1.54, 1.807) is 18.7 Å². The number of halogens is 3. The van der Waals surface area contributed by atoms with E-state index in [1.807, 2.05) is 20.8 Å². The topological polar surface area (TPSA) is 20.2 Å². The van der Waals surface area contributed by atoms with Crippen LogP contribution in [0, 0.1) is 6.92 Å². The highest BCUT2D eigenvalue weighted by molar-refractivity contribution is 8.00. The molecule has 0 aliphatic rings. The summed E-state index contributed by atoms with van der Waals surface area (Å²) in [6, 6.07) is 3.47. The number of aliphatic hydroxyl groups is 1. The van der Waals surface area contributed by atoms with Crippen LogP contribution in [0.15, 0.2) is 18.2 Å². The number of thioether (sulfide) groups is 1. The van der Waals surface area contributed by atoms with Gasteiger partial charge < -0.3 is 5.11 Å². The minimum Gasteiger partial charge on any atom is -0.388 e. The van der Waals surface area contributed by atoms with E-state index >= 15 is 0 Å². The van der Waals surface area contributed by atoms with E-state index in [0.29, 0.717) is 16.9 Å². The summed E-state index contributed by atoms with van der Waals surface area (Å²) in [5, 5.41) is 10.1. The van der Waals surface area contributed by atoms with Crippen molar-refractivity contribution >= 4 is 11.8 Å². The lowest BCUT2D eigenvalue weighted by Gasteiger charge is -2.21. The molecule has 0 amide bonds. The van der Waals surface area contributed by atoms with E-state index < -0.39 is 17.8 Å². The monoisotopic (exact) mass is 292 g/mol. The summed E-state index contributed by atoms with van der Waals surface area (Å²) in [6.45, 7) is 7.69. The summed E-state index contributed by atoms with van der Waals surface area (Å²) in [5.41, 5.74) is 0.353. The van der Waals surface area contributed by atoms with Gasteiger partial charge in [0.2, 0.25) is 0 Å². The van der Waals surface area contributed by atoms with Crippen LogP contribution in [-0.4, -0.2) is 15.6 Å². The molecule has 0 heterocycles. The third kappa shape index (κ3) is 5.07. The van der Waals surface area contributed by atoms with Gasteiger partial charge in [-0.15, -0.1) is 0 Å². The Hall–Kier alpha value is -0.680. The molecular formula is C14H19F3OS. The SMILES string of the molecule is Cc1cc(C(F)(F)F)ccc1C(O)CSC(C)(C)C. The van der Waals surface area contributed by atoms with Crippen molar-refractivity contribution in [3.8, 4) is 0 Å². The molecule has 0 bridgehead atoms. The molecule has 1 aromatic carbocycles. The van der Waals surface area contributed by atoms with Crippen molar-refractivity contribution in [3.05, 3.63) is 34.9 Å². The first-order valence-corrected chi connectivity index (χ1v) is 6.99. The Morgan fingerprint density at radius 3 is 2.21 bits per heavy atom. The van der Waals surface area contributed by atoms with Crippen LogP contribution in [0.4, 0.5) is 13.2 Å². The first kappa shape index (κ1) is 16.4. The van der Waals surface area contributed by atoms with Gasteiger partial charge in [0.25, 0.3) is 0 Å². The zero-order chi connectivity index (χ0) is 14.8. The zero-order valence-electron chi connectivity index (χ0n) is 11.5. The molecule has 1 nitrogen and oxygen atoms in total. The largest absolute Gasteiger partial charge is 0.416 e. The van der Waals surface area contributed by atoms with Gasteiger partial charge in [-0.05, 0) is 30.2 Å². The number of alkyl halides is 3. The molecule has 108 valence electrons. The van der Waals surface area contributed by atoms with Gasteiger partial charge in [0, 0.05) is 10.5 Å². The van der Waals surface area contributed by atoms with Crippen LogP contribution < -0.4 is 0 Å². The molecule has 0 aliphatic carbocycles. The second-order valence-corrected chi connectivity index (χ2v) is 7.36. The van der Waals surface area contributed by atoms with Crippen molar-refractivity contribution in [2.24, 2.45) is 0 Å². The van der Waals surface area contributed by atoms with Crippen LogP contribution in [0.5, 0.6) is 0 Å². The van der Waals surface area contributed by atoms with Gasteiger partial charge in [-0.25, -0.2) is 0 Å². The van der Waals surface area contributed by atoms with Crippen LogP contribution in [0.2, 0.25) is 0 Å². The third-order valence-corrected chi connectivity index (χ3v) is 3.98. The van der Waals surface area contributed by atoms with E-state index in [2.05, 4.69) is 0 Å². The van der Waals surface area contributed by atoms with Crippen LogP contribution in [0.3, 0.4) is 0 Å². The van der Waals surface area contributed by atoms with Gasteiger partial charge in [0.05, 0.1) is 11.7 Å². The zero-order valence-corrected chi connectivity index (χ0v) is 12.3. The Bertz CT molecular complexity index is 435. The average Bonchev–Trinajstić information content (AvgIpc) is 2.23. The van der Waals surface area contributed by atoms with E-state index in [0.717, 1.165) is 12.1 Å². The third-order valence-electron chi connectivity index (χ3n) is 2.63. The molecule has 0 fully saturated rings. The number of hydrogen-bond donors (Lipinski definition) is 1. The maximum Gasteiger partial charge on any atom is 0.416 e. The molecule has 1 atom stereocenters. The molecule has 5 heteroatoms. The molecule has 1 rings (SSSR count). The normalized spacial score (nSPS) is 14.5. The maximum atomic E-state index is 12.5. The summed E-state index contributed by atoms with van der Waals surface area (Å²) in [4.78, 5) is 0. The number of hydrogen-bond acceptors (Lipinski definition) is 2. The predicted octanol–water partition coefficient (Wildman–Crippen LogP) is 4.58. The van der Waals surface area contributed by atoms with Gasteiger partial charge in [0.15, 0.2) is 0 Å². The highest BCUT2D eigenvalue weighted by Crippen LogP contribution is 2.33. The first-order valence-electron chi connectivity index (χ1n) is 6.00. The molecule has 0 saturated carbocycles. The molecule has 1 unspecified atom stereocenters. The quantitative estimate of drug-likeness (QED) is 0.880. The second kappa shape index (κ2) is 5.75. The van der Waals surface area contributed by atoms with Crippen molar-refractivity contribution in [2.45, 2.75) is 44.7 Å². The van der Waals surface area contributed by atoms with Crippen LogP contribution in [-0.2, 0) is 6.18 Å². The molecular weight excluding hydrogens is 273 g/mol. The molecule has 0 radical (unpaired) electrons. The molecule has 19 heavy (non-hydrogen) atoms. The van der Waals surface area contributed by atoms with E-state index in [-0.39, 0.29) is 4.75 Å². The van der Waals surface area contributed by atoms with Crippen molar-refractivity contribution in [1.29, 1.82) is 0 Å². The Kier molecular flexibility index (Phi) is 4.96. The van der Waals surface area contributed by atoms with E-state index in [9.17, 15) is 18.3 Å². The smallest absolute Gasteiger partial charge is 0.388 e. The molecule has 0 aliphatic heterocycles. The molecule has 0 spiro atoms. The van der Waals surface area contributed by atoms with Crippen molar-refractivity contribution < 1.29 is 18.3 Å². The lowest BCUT2D eigenvalue weighted by Crippen LogP contribution is -2.13. The minimum atomic E-state index is -4.34. The summed E-state index contributed by atoms with van der Waals surface area (Å²) < 4.78 is 37.6. The highest BCUT2D eigenvalue weighted by atomic mass is 32.2. The van der Waals surface area contributed by atoms with Gasteiger partial charge in [0.1, 0.15) is 0 Å². The minimum absolute atomic E-state index is 0.0147. The Balaban J connectivity index is 2.85. The standard InChI is InChI=1S/C14H19F3OS/c1-9-7-10(14(15,16)17)5-6-11(9)12(18)8-19-13(2,3)4/h5-7,12,18H,8H2,1-4H3. The number of rotatable bonds is 3.